The van der Waals surface area contributed by atoms with Crippen molar-refractivity contribution in [3.05, 3.63) is 0 Å². The van der Waals surface area contributed by atoms with Gasteiger partial charge in [-0.25, -0.2) is 8.42 Å². The highest BCUT2D eigenvalue weighted by Crippen LogP contribution is 2.20. The van der Waals surface area contributed by atoms with E-state index in [0.717, 1.165) is 10.6 Å². The van der Waals surface area contributed by atoms with Gasteiger partial charge >= 0.3 is 5.97 Å². The van der Waals surface area contributed by atoms with Crippen molar-refractivity contribution in [1.29, 1.82) is 0 Å². The Hall–Kier alpha value is -1.19. The maximum absolute atomic E-state index is 12.0. The van der Waals surface area contributed by atoms with Gasteiger partial charge in [-0.15, -0.1) is 0 Å². The summed E-state index contributed by atoms with van der Waals surface area (Å²) in [5, 5.41) is 20.8. The van der Waals surface area contributed by atoms with Gasteiger partial charge in [0.15, 0.2) is 0 Å². The number of nitrogens with zero attached hydrogens (tertiary/aromatic N) is 1. The van der Waals surface area contributed by atoms with Crippen molar-refractivity contribution in [1.82, 2.24) is 9.62 Å². The molecule has 2 unspecified atom stereocenters. The lowest BCUT2D eigenvalue weighted by Gasteiger charge is -2.25. The summed E-state index contributed by atoms with van der Waals surface area (Å²) in [4.78, 5) is 22.5. The third-order valence-corrected chi connectivity index (χ3v) is 4.40. The zero-order valence-electron chi connectivity index (χ0n) is 11.5. The van der Waals surface area contributed by atoms with Crippen molar-refractivity contribution < 1.29 is 28.2 Å². The van der Waals surface area contributed by atoms with Crippen LogP contribution in [0, 0.1) is 0 Å². The number of rotatable bonds is 6. The third-order valence-electron chi connectivity index (χ3n) is 3.11. The summed E-state index contributed by atoms with van der Waals surface area (Å²) in [6, 6.07) is -0.786. The maximum Gasteiger partial charge on any atom is 0.306 e. The number of sulfonamides is 1. The van der Waals surface area contributed by atoms with Gasteiger partial charge in [-0.2, -0.15) is 4.31 Å². The standard InChI is InChI=1S/C11H20N2O6S/c1-11(17,6-9(14)15)7-12-10(16)8-4-3-5-13(8)20(2,18)19/h8,17H,3-7H2,1-2H3,(H,12,16)(H,14,15). The molecule has 0 spiro atoms. The third kappa shape index (κ3) is 4.73. The van der Waals surface area contributed by atoms with Crippen LogP contribution >= 0.6 is 0 Å². The second-order valence-corrected chi connectivity index (χ2v) is 7.25. The highest BCUT2D eigenvalue weighted by atomic mass is 32.2. The van der Waals surface area contributed by atoms with E-state index in [1.807, 2.05) is 0 Å². The van der Waals surface area contributed by atoms with E-state index in [1.165, 1.54) is 6.92 Å². The average Bonchev–Trinajstić information content (AvgIpc) is 2.72. The van der Waals surface area contributed by atoms with Gasteiger partial charge in [0.25, 0.3) is 0 Å². The van der Waals surface area contributed by atoms with Crippen molar-refractivity contribution in [2.75, 3.05) is 19.3 Å². The number of carbonyl (C=O) groups is 2. The Morgan fingerprint density at radius 2 is 2.05 bits per heavy atom. The summed E-state index contributed by atoms with van der Waals surface area (Å²) in [5.41, 5.74) is -1.57. The molecule has 0 aromatic rings. The molecule has 1 saturated heterocycles. The number of amides is 1. The van der Waals surface area contributed by atoms with Gasteiger partial charge in [0.2, 0.25) is 15.9 Å². The van der Waals surface area contributed by atoms with Crippen LogP contribution in [0.5, 0.6) is 0 Å². The minimum absolute atomic E-state index is 0.244. The smallest absolute Gasteiger partial charge is 0.306 e. The van der Waals surface area contributed by atoms with Gasteiger partial charge in [-0.3, -0.25) is 9.59 Å². The maximum atomic E-state index is 12.0. The number of hydrogen-bond acceptors (Lipinski definition) is 5. The molecule has 20 heavy (non-hydrogen) atoms. The van der Waals surface area contributed by atoms with Crippen LogP contribution in [0.4, 0.5) is 0 Å². The summed E-state index contributed by atoms with van der Waals surface area (Å²) in [5.74, 6) is -1.69. The van der Waals surface area contributed by atoms with E-state index in [0.29, 0.717) is 19.4 Å². The van der Waals surface area contributed by atoms with Crippen LogP contribution < -0.4 is 5.32 Å². The zero-order chi connectivity index (χ0) is 15.6. The second kappa shape index (κ2) is 6.06. The van der Waals surface area contributed by atoms with Crippen molar-refractivity contribution in [3.63, 3.8) is 0 Å². The lowest BCUT2D eigenvalue weighted by atomic mass is 10.0. The van der Waals surface area contributed by atoms with Gasteiger partial charge in [-0.1, -0.05) is 0 Å². The molecule has 8 nitrogen and oxygen atoms in total. The summed E-state index contributed by atoms with van der Waals surface area (Å²) < 4.78 is 24.1. The number of carboxylic acids is 1. The lowest BCUT2D eigenvalue weighted by Crippen LogP contribution is -2.49. The topological polar surface area (TPSA) is 124 Å². The predicted molar refractivity (Wildman–Crippen MR) is 70.5 cm³/mol. The highest BCUT2D eigenvalue weighted by Gasteiger charge is 2.37. The first-order valence-corrected chi connectivity index (χ1v) is 8.06. The number of carbonyl (C=O) groups excluding carboxylic acids is 1. The largest absolute Gasteiger partial charge is 0.481 e. The number of aliphatic carboxylic acids is 1. The van der Waals surface area contributed by atoms with Crippen LogP contribution in [0.3, 0.4) is 0 Å². The zero-order valence-corrected chi connectivity index (χ0v) is 12.3. The van der Waals surface area contributed by atoms with Gasteiger partial charge in [-0.05, 0) is 19.8 Å². The summed E-state index contributed by atoms with van der Waals surface area (Å²) >= 11 is 0. The number of carboxylic acid groups (broad SMARTS) is 1. The van der Waals surface area contributed by atoms with E-state index in [2.05, 4.69) is 5.32 Å². The van der Waals surface area contributed by atoms with Crippen molar-refractivity contribution in [2.45, 2.75) is 37.8 Å². The van der Waals surface area contributed by atoms with Crippen LogP contribution in [-0.4, -0.2) is 65.8 Å². The van der Waals surface area contributed by atoms with Crippen LogP contribution in [0.1, 0.15) is 26.2 Å². The van der Waals surface area contributed by atoms with Gasteiger partial charge < -0.3 is 15.5 Å². The molecule has 0 aliphatic carbocycles. The van der Waals surface area contributed by atoms with E-state index < -0.39 is 40.0 Å². The summed E-state index contributed by atoms with van der Waals surface area (Å²) in [6.45, 7) is 1.35. The molecule has 1 amide bonds. The van der Waals surface area contributed by atoms with Crippen LogP contribution in [0.25, 0.3) is 0 Å². The van der Waals surface area contributed by atoms with Gasteiger partial charge in [0.1, 0.15) is 6.04 Å². The summed E-state index contributed by atoms with van der Waals surface area (Å²) in [6.07, 6.45) is 1.55. The van der Waals surface area contributed by atoms with Gasteiger partial charge in [0.05, 0.1) is 18.3 Å². The van der Waals surface area contributed by atoms with Crippen LogP contribution in [-0.2, 0) is 19.6 Å². The quantitative estimate of drug-likeness (QED) is 0.563. The molecule has 9 heteroatoms. The average molecular weight is 308 g/mol. The van der Waals surface area contributed by atoms with Crippen LogP contribution in [0.15, 0.2) is 0 Å². The second-order valence-electron chi connectivity index (χ2n) is 5.32. The SMILES string of the molecule is CC(O)(CNC(=O)C1CCCN1S(C)(=O)=O)CC(=O)O. The molecule has 1 heterocycles. The van der Waals surface area contributed by atoms with Crippen molar-refractivity contribution in [3.8, 4) is 0 Å². The molecule has 1 aliphatic heterocycles. The molecular weight excluding hydrogens is 288 g/mol. The minimum atomic E-state index is -3.45. The van der Waals surface area contributed by atoms with Crippen LogP contribution in [0.2, 0.25) is 0 Å². The van der Waals surface area contributed by atoms with E-state index in [-0.39, 0.29) is 6.54 Å². The van der Waals surface area contributed by atoms with E-state index in [4.69, 9.17) is 5.11 Å². The molecule has 0 bridgehead atoms. The van der Waals surface area contributed by atoms with E-state index >= 15 is 0 Å². The first kappa shape index (κ1) is 16.9. The fraction of sp³-hybridized carbons (Fsp3) is 0.818. The molecule has 0 saturated carbocycles. The monoisotopic (exact) mass is 308 g/mol. The molecule has 1 fully saturated rings. The van der Waals surface area contributed by atoms with E-state index in [9.17, 15) is 23.1 Å². The molecule has 0 radical (unpaired) electrons. The van der Waals surface area contributed by atoms with Crippen molar-refractivity contribution in [2.24, 2.45) is 0 Å². The van der Waals surface area contributed by atoms with Crippen molar-refractivity contribution >= 4 is 21.9 Å². The minimum Gasteiger partial charge on any atom is -0.481 e. The highest BCUT2D eigenvalue weighted by molar-refractivity contribution is 7.88. The Morgan fingerprint density at radius 1 is 1.45 bits per heavy atom. The Morgan fingerprint density at radius 3 is 2.55 bits per heavy atom. The molecule has 0 aromatic heterocycles. The molecule has 0 aromatic carbocycles. The fourth-order valence-electron chi connectivity index (χ4n) is 2.18. The number of hydrogen-bond donors (Lipinski definition) is 3. The molecule has 2 atom stereocenters. The Kier molecular flexibility index (Phi) is 5.11. The lowest BCUT2D eigenvalue weighted by molar-refractivity contribution is -0.142. The molecule has 1 rings (SSSR count). The predicted octanol–water partition coefficient (Wildman–Crippen LogP) is -1.25. The Bertz CT molecular complexity index is 487. The first-order chi connectivity index (χ1) is 9.03. The van der Waals surface area contributed by atoms with Gasteiger partial charge in [0, 0.05) is 13.1 Å². The number of nitrogens with one attached hydrogen (secondary N) is 1. The Labute approximate surface area is 117 Å². The summed E-state index contributed by atoms with van der Waals surface area (Å²) in [7, 11) is -3.45. The first-order valence-electron chi connectivity index (χ1n) is 6.22. The fourth-order valence-corrected chi connectivity index (χ4v) is 3.31. The van der Waals surface area contributed by atoms with E-state index in [1.54, 1.807) is 0 Å². The molecular formula is C11H20N2O6S. The molecule has 116 valence electrons. The Balaban J connectivity index is 2.61. The normalized spacial score (nSPS) is 23.2. The molecule has 1 aliphatic rings. The number of aliphatic hydroxyl groups is 1. The molecule has 3 N–H and O–H groups in total.